The highest BCUT2D eigenvalue weighted by atomic mass is 32.2. The van der Waals surface area contributed by atoms with Gasteiger partial charge in [-0.05, 0) is 30.0 Å². The van der Waals surface area contributed by atoms with Crippen molar-refractivity contribution >= 4 is 21.7 Å². The van der Waals surface area contributed by atoms with Gasteiger partial charge in [-0.15, -0.1) is 0 Å². The Morgan fingerprint density at radius 3 is 2.08 bits per heavy atom. The molecular weight excluding hydrogens is 340 g/mol. The number of hydrogen-bond donors (Lipinski definition) is 1. The van der Waals surface area contributed by atoms with Crippen LogP contribution in [0.4, 0.5) is 0 Å². The SMILES string of the molecule is CC(NC(=O)c1ccc(C(C)(C)C)cc1)C(=O)N1CCS(=O)(=O)CC1. The van der Waals surface area contributed by atoms with Crippen LogP contribution in [0.1, 0.15) is 43.6 Å². The lowest BCUT2D eigenvalue weighted by Gasteiger charge is -2.29. The monoisotopic (exact) mass is 366 g/mol. The Labute approximate surface area is 149 Å². The summed E-state index contributed by atoms with van der Waals surface area (Å²) in [6.07, 6.45) is 0. The average molecular weight is 366 g/mol. The summed E-state index contributed by atoms with van der Waals surface area (Å²) in [6, 6.07) is 6.63. The summed E-state index contributed by atoms with van der Waals surface area (Å²) in [4.78, 5) is 26.2. The van der Waals surface area contributed by atoms with Gasteiger partial charge in [-0.1, -0.05) is 32.9 Å². The Hall–Kier alpha value is -1.89. The van der Waals surface area contributed by atoms with Crippen LogP contribution in [-0.2, 0) is 20.0 Å². The summed E-state index contributed by atoms with van der Waals surface area (Å²) < 4.78 is 22.9. The topological polar surface area (TPSA) is 83.6 Å². The Morgan fingerprint density at radius 1 is 1.08 bits per heavy atom. The van der Waals surface area contributed by atoms with Crippen molar-refractivity contribution < 1.29 is 18.0 Å². The molecule has 0 spiro atoms. The van der Waals surface area contributed by atoms with Crippen LogP contribution in [-0.4, -0.2) is 55.8 Å². The molecule has 7 heteroatoms. The van der Waals surface area contributed by atoms with Crippen molar-refractivity contribution in [3.63, 3.8) is 0 Å². The molecule has 0 saturated carbocycles. The van der Waals surface area contributed by atoms with Crippen molar-refractivity contribution in [3.8, 4) is 0 Å². The van der Waals surface area contributed by atoms with E-state index in [0.717, 1.165) is 5.56 Å². The third kappa shape index (κ3) is 5.04. The molecular formula is C18H26N2O4S. The first-order chi connectivity index (χ1) is 11.5. The van der Waals surface area contributed by atoms with Crippen molar-refractivity contribution in [2.75, 3.05) is 24.6 Å². The molecule has 0 aromatic heterocycles. The zero-order chi connectivity index (χ0) is 18.8. The number of hydrogen-bond acceptors (Lipinski definition) is 4. The van der Waals surface area contributed by atoms with E-state index < -0.39 is 15.9 Å². The number of carbonyl (C=O) groups excluding carboxylic acids is 2. The van der Waals surface area contributed by atoms with Crippen molar-refractivity contribution in [1.82, 2.24) is 10.2 Å². The summed E-state index contributed by atoms with van der Waals surface area (Å²) in [7, 11) is -3.04. The molecule has 1 aromatic carbocycles. The minimum absolute atomic E-state index is 0.00681. The van der Waals surface area contributed by atoms with E-state index in [4.69, 9.17) is 0 Å². The first-order valence-corrected chi connectivity index (χ1v) is 10.2. The highest BCUT2D eigenvalue weighted by molar-refractivity contribution is 7.91. The molecule has 25 heavy (non-hydrogen) atoms. The fraction of sp³-hybridized carbons (Fsp3) is 0.556. The number of carbonyl (C=O) groups is 2. The van der Waals surface area contributed by atoms with E-state index in [-0.39, 0.29) is 41.8 Å². The van der Waals surface area contributed by atoms with Gasteiger partial charge in [0.25, 0.3) is 5.91 Å². The van der Waals surface area contributed by atoms with Gasteiger partial charge in [0.15, 0.2) is 9.84 Å². The van der Waals surface area contributed by atoms with Crippen LogP contribution < -0.4 is 5.32 Å². The largest absolute Gasteiger partial charge is 0.341 e. The molecule has 1 atom stereocenters. The van der Waals surface area contributed by atoms with Crippen LogP contribution in [0.3, 0.4) is 0 Å². The van der Waals surface area contributed by atoms with E-state index in [1.54, 1.807) is 19.1 Å². The van der Waals surface area contributed by atoms with Gasteiger partial charge in [0, 0.05) is 18.7 Å². The number of rotatable bonds is 3. The average Bonchev–Trinajstić information content (AvgIpc) is 2.53. The summed E-state index contributed by atoms with van der Waals surface area (Å²) in [5.41, 5.74) is 1.63. The van der Waals surface area contributed by atoms with E-state index in [1.807, 2.05) is 12.1 Å². The Kier molecular flexibility index (Phi) is 5.56. The predicted molar refractivity (Wildman–Crippen MR) is 97.3 cm³/mol. The molecule has 0 bridgehead atoms. The van der Waals surface area contributed by atoms with Crippen molar-refractivity contribution in [2.24, 2.45) is 0 Å². The fourth-order valence-corrected chi connectivity index (χ4v) is 3.87. The van der Waals surface area contributed by atoms with Crippen LogP contribution in [0.2, 0.25) is 0 Å². The van der Waals surface area contributed by atoms with Crippen LogP contribution in [0.25, 0.3) is 0 Å². The van der Waals surface area contributed by atoms with Gasteiger partial charge in [0.05, 0.1) is 11.5 Å². The third-order valence-corrected chi connectivity index (χ3v) is 6.00. The first-order valence-electron chi connectivity index (χ1n) is 8.40. The lowest BCUT2D eigenvalue weighted by Crippen LogP contribution is -2.51. The van der Waals surface area contributed by atoms with E-state index in [9.17, 15) is 18.0 Å². The lowest BCUT2D eigenvalue weighted by atomic mass is 9.86. The molecule has 0 aliphatic carbocycles. The Morgan fingerprint density at radius 2 is 1.60 bits per heavy atom. The predicted octanol–water partition coefficient (Wildman–Crippen LogP) is 1.36. The molecule has 1 saturated heterocycles. The second kappa shape index (κ2) is 7.15. The molecule has 1 fully saturated rings. The number of nitrogens with zero attached hydrogens (tertiary/aromatic N) is 1. The molecule has 0 radical (unpaired) electrons. The third-order valence-electron chi connectivity index (χ3n) is 4.39. The van der Waals surface area contributed by atoms with Crippen molar-refractivity contribution in [2.45, 2.75) is 39.2 Å². The maximum absolute atomic E-state index is 12.4. The second-order valence-corrected chi connectivity index (χ2v) is 9.80. The van der Waals surface area contributed by atoms with Crippen LogP contribution in [0.15, 0.2) is 24.3 Å². The number of benzene rings is 1. The Balaban J connectivity index is 1.96. The first kappa shape index (κ1) is 19.4. The van der Waals surface area contributed by atoms with Crippen LogP contribution in [0, 0.1) is 0 Å². The molecule has 1 aliphatic heterocycles. The molecule has 1 aliphatic rings. The van der Waals surface area contributed by atoms with Crippen LogP contribution in [0.5, 0.6) is 0 Å². The maximum atomic E-state index is 12.4. The van der Waals surface area contributed by atoms with E-state index in [0.29, 0.717) is 5.56 Å². The summed E-state index contributed by atoms with van der Waals surface area (Å²) >= 11 is 0. The minimum Gasteiger partial charge on any atom is -0.341 e. The highest BCUT2D eigenvalue weighted by Crippen LogP contribution is 2.22. The number of sulfone groups is 1. The van der Waals surface area contributed by atoms with Gasteiger partial charge in [-0.3, -0.25) is 9.59 Å². The fourth-order valence-electron chi connectivity index (χ4n) is 2.67. The minimum atomic E-state index is -3.04. The zero-order valence-electron chi connectivity index (χ0n) is 15.2. The Bertz CT molecular complexity index is 734. The smallest absolute Gasteiger partial charge is 0.251 e. The summed E-state index contributed by atoms with van der Waals surface area (Å²) in [5.74, 6) is -0.609. The molecule has 1 unspecified atom stereocenters. The molecule has 1 heterocycles. The molecule has 1 aromatic rings. The zero-order valence-corrected chi connectivity index (χ0v) is 16.0. The molecule has 2 rings (SSSR count). The standard InChI is InChI=1S/C18H26N2O4S/c1-13(17(22)20-9-11-25(23,24)12-10-20)19-16(21)14-5-7-15(8-6-14)18(2,3)4/h5-8,13H,9-12H2,1-4H3,(H,19,21). The normalized spacial score (nSPS) is 18.5. The molecule has 138 valence electrons. The number of amides is 2. The lowest BCUT2D eigenvalue weighted by molar-refractivity contribution is -0.132. The van der Waals surface area contributed by atoms with Gasteiger partial charge in [0.2, 0.25) is 5.91 Å². The quantitative estimate of drug-likeness (QED) is 0.875. The molecule has 2 amide bonds. The van der Waals surface area contributed by atoms with Gasteiger partial charge in [-0.2, -0.15) is 0 Å². The summed E-state index contributed by atoms with van der Waals surface area (Å²) in [6.45, 7) is 8.28. The maximum Gasteiger partial charge on any atom is 0.251 e. The van der Waals surface area contributed by atoms with Crippen LogP contribution >= 0.6 is 0 Å². The second-order valence-electron chi connectivity index (χ2n) is 7.50. The number of nitrogens with one attached hydrogen (secondary N) is 1. The van der Waals surface area contributed by atoms with Gasteiger partial charge in [-0.25, -0.2) is 8.42 Å². The van der Waals surface area contributed by atoms with E-state index in [2.05, 4.69) is 26.1 Å². The molecule has 1 N–H and O–H groups in total. The van der Waals surface area contributed by atoms with E-state index >= 15 is 0 Å². The van der Waals surface area contributed by atoms with Gasteiger partial charge < -0.3 is 10.2 Å². The van der Waals surface area contributed by atoms with Gasteiger partial charge in [0.1, 0.15) is 6.04 Å². The van der Waals surface area contributed by atoms with Crippen molar-refractivity contribution in [1.29, 1.82) is 0 Å². The van der Waals surface area contributed by atoms with E-state index in [1.165, 1.54) is 4.90 Å². The highest BCUT2D eigenvalue weighted by Gasteiger charge is 2.28. The summed E-state index contributed by atoms with van der Waals surface area (Å²) in [5, 5.41) is 2.69. The molecule has 6 nitrogen and oxygen atoms in total. The van der Waals surface area contributed by atoms with Gasteiger partial charge >= 0.3 is 0 Å². The van der Waals surface area contributed by atoms with Crippen molar-refractivity contribution in [3.05, 3.63) is 35.4 Å².